The number of nitroso groups, excluding NO2 is 1. The largest absolute Gasteiger partial charge is 0.488 e. The molecule has 0 aliphatic rings. The summed E-state index contributed by atoms with van der Waals surface area (Å²) in [5.41, 5.74) is 2.10. The van der Waals surface area contributed by atoms with Gasteiger partial charge >= 0.3 is 0 Å². The number of benzene rings is 1. The van der Waals surface area contributed by atoms with Crippen LogP contribution in [0.2, 0.25) is 0 Å². The lowest BCUT2D eigenvalue weighted by atomic mass is 10.0. The maximum atomic E-state index is 9.97. The van der Waals surface area contributed by atoms with Gasteiger partial charge < -0.3 is 4.74 Å². The molecule has 0 fully saturated rings. The van der Waals surface area contributed by atoms with Gasteiger partial charge in [-0.15, -0.1) is 0 Å². The van der Waals surface area contributed by atoms with Gasteiger partial charge in [-0.25, -0.2) is 0 Å². The highest BCUT2D eigenvalue weighted by atomic mass is 16.5. The Morgan fingerprint density at radius 3 is 2.35 bits per heavy atom. The van der Waals surface area contributed by atoms with Crippen molar-refractivity contribution in [3.63, 3.8) is 0 Å². The van der Waals surface area contributed by atoms with Crippen LogP contribution >= 0.6 is 0 Å². The number of rotatable bonds is 8. The first kappa shape index (κ1) is 16.4. The summed E-state index contributed by atoms with van der Waals surface area (Å²) in [6.45, 7) is 10.5. The highest BCUT2D eigenvalue weighted by Gasteiger charge is 2.13. The molecule has 0 atom stereocenters. The summed E-state index contributed by atoms with van der Waals surface area (Å²) in [4.78, 5) is 9.97. The summed E-state index contributed by atoms with van der Waals surface area (Å²) in [5, 5.41) is 2.87. The first-order valence-electron chi connectivity index (χ1n) is 7.19. The minimum atomic E-state index is -0.220. The Kier molecular flexibility index (Phi) is 6.43. The maximum Gasteiger partial charge on any atom is 0.120 e. The van der Waals surface area contributed by atoms with Crippen molar-refractivity contribution in [3.8, 4) is 0 Å². The molecule has 0 aromatic heterocycles. The van der Waals surface area contributed by atoms with E-state index in [1.54, 1.807) is 0 Å². The van der Waals surface area contributed by atoms with Crippen molar-refractivity contribution in [1.29, 1.82) is 0 Å². The van der Waals surface area contributed by atoms with Gasteiger partial charge in [-0.1, -0.05) is 42.4 Å². The van der Waals surface area contributed by atoms with E-state index in [1.807, 2.05) is 20.8 Å². The van der Waals surface area contributed by atoms with Gasteiger partial charge in [0.25, 0.3) is 0 Å². The number of hydrogen-bond donors (Lipinski definition) is 0. The van der Waals surface area contributed by atoms with E-state index in [2.05, 4.69) is 36.0 Å². The van der Waals surface area contributed by atoms with Crippen molar-refractivity contribution in [2.75, 3.05) is 6.54 Å². The Bertz CT molecular complexity index is 429. The van der Waals surface area contributed by atoms with Gasteiger partial charge in [0.1, 0.15) is 11.4 Å². The summed E-state index contributed by atoms with van der Waals surface area (Å²) in [7, 11) is 0. The standard InChI is InChI=1S/C17H25NO2/c1-14(20-17(2,3)4)16-11-9-15(10-12-16)8-6-5-7-13-18-19/h9-12H,1,5-8,13H2,2-4H3. The fourth-order valence-electron chi connectivity index (χ4n) is 1.97. The Morgan fingerprint density at radius 2 is 1.80 bits per heavy atom. The second kappa shape index (κ2) is 7.83. The van der Waals surface area contributed by atoms with E-state index in [0.29, 0.717) is 12.3 Å². The molecule has 0 aliphatic carbocycles. The number of ether oxygens (including phenoxy) is 1. The molecule has 3 nitrogen and oxygen atoms in total. The molecule has 0 spiro atoms. The predicted molar refractivity (Wildman–Crippen MR) is 84.5 cm³/mol. The van der Waals surface area contributed by atoms with Crippen molar-refractivity contribution in [1.82, 2.24) is 0 Å². The number of hydrogen-bond acceptors (Lipinski definition) is 3. The molecule has 0 saturated carbocycles. The Balaban J connectivity index is 2.44. The van der Waals surface area contributed by atoms with Crippen molar-refractivity contribution in [2.45, 2.75) is 52.1 Å². The lowest BCUT2D eigenvalue weighted by Gasteiger charge is -2.23. The van der Waals surface area contributed by atoms with Crippen LogP contribution in [0.15, 0.2) is 36.0 Å². The molecular weight excluding hydrogens is 250 g/mol. The fraction of sp³-hybridized carbons (Fsp3) is 0.529. The third-order valence-corrected chi connectivity index (χ3v) is 2.92. The van der Waals surface area contributed by atoms with Gasteiger partial charge in [-0.05, 0) is 45.6 Å². The quantitative estimate of drug-likeness (QED) is 0.382. The topological polar surface area (TPSA) is 38.7 Å². The van der Waals surface area contributed by atoms with E-state index in [4.69, 9.17) is 4.74 Å². The average molecular weight is 275 g/mol. The summed E-state index contributed by atoms with van der Waals surface area (Å²) >= 11 is 0. The third kappa shape index (κ3) is 6.50. The molecular formula is C17H25NO2. The van der Waals surface area contributed by atoms with E-state index < -0.39 is 0 Å². The van der Waals surface area contributed by atoms with Gasteiger partial charge in [0.05, 0.1) is 6.54 Å². The molecule has 1 aromatic rings. The van der Waals surface area contributed by atoms with Crippen molar-refractivity contribution < 1.29 is 4.74 Å². The molecule has 1 rings (SSSR count). The van der Waals surface area contributed by atoms with Crippen LogP contribution in [0, 0.1) is 4.91 Å². The minimum Gasteiger partial charge on any atom is -0.488 e. The molecule has 20 heavy (non-hydrogen) atoms. The van der Waals surface area contributed by atoms with Crippen LogP contribution in [0.3, 0.4) is 0 Å². The monoisotopic (exact) mass is 275 g/mol. The predicted octanol–water partition coefficient (Wildman–Crippen LogP) is 4.95. The van der Waals surface area contributed by atoms with Crippen LogP contribution in [-0.4, -0.2) is 12.1 Å². The van der Waals surface area contributed by atoms with E-state index in [0.717, 1.165) is 31.2 Å². The molecule has 3 heteroatoms. The second-order valence-corrected chi connectivity index (χ2v) is 6.00. The van der Waals surface area contributed by atoms with Gasteiger partial charge in [-0.3, -0.25) is 0 Å². The number of aryl methyl sites for hydroxylation is 1. The van der Waals surface area contributed by atoms with Gasteiger partial charge in [0.15, 0.2) is 0 Å². The molecule has 0 N–H and O–H groups in total. The molecule has 0 aliphatic heterocycles. The molecule has 0 heterocycles. The summed E-state index contributed by atoms with van der Waals surface area (Å²) in [6, 6.07) is 8.34. The summed E-state index contributed by atoms with van der Waals surface area (Å²) < 4.78 is 5.75. The summed E-state index contributed by atoms with van der Waals surface area (Å²) in [6.07, 6.45) is 4.06. The lowest BCUT2D eigenvalue weighted by Crippen LogP contribution is -2.17. The minimum absolute atomic E-state index is 0.220. The summed E-state index contributed by atoms with van der Waals surface area (Å²) in [5.74, 6) is 0.709. The second-order valence-electron chi connectivity index (χ2n) is 6.00. The fourth-order valence-corrected chi connectivity index (χ4v) is 1.97. The van der Waals surface area contributed by atoms with E-state index >= 15 is 0 Å². The zero-order valence-electron chi connectivity index (χ0n) is 12.8. The van der Waals surface area contributed by atoms with Crippen LogP contribution in [-0.2, 0) is 11.2 Å². The molecule has 1 aromatic carbocycles. The first-order chi connectivity index (χ1) is 9.42. The molecule has 0 bridgehead atoms. The van der Waals surface area contributed by atoms with Crippen LogP contribution in [0.5, 0.6) is 0 Å². The molecule has 0 unspecified atom stereocenters. The Labute approximate surface area is 122 Å². The number of nitrogens with zero attached hydrogens (tertiary/aromatic N) is 1. The van der Waals surface area contributed by atoms with Gasteiger partial charge in [-0.2, -0.15) is 4.91 Å². The zero-order chi connectivity index (χ0) is 15.0. The molecule has 0 radical (unpaired) electrons. The van der Waals surface area contributed by atoms with E-state index in [-0.39, 0.29) is 5.60 Å². The SMILES string of the molecule is C=C(OC(C)(C)C)c1ccc(CCCCCN=O)cc1. The van der Waals surface area contributed by atoms with Gasteiger partial charge in [0.2, 0.25) is 0 Å². The third-order valence-electron chi connectivity index (χ3n) is 2.92. The van der Waals surface area contributed by atoms with Crippen molar-refractivity contribution >= 4 is 5.76 Å². The molecule has 0 amide bonds. The molecule has 110 valence electrons. The normalized spacial score (nSPS) is 11.2. The zero-order valence-corrected chi connectivity index (χ0v) is 12.8. The van der Waals surface area contributed by atoms with E-state index in [9.17, 15) is 4.91 Å². The number of unbranched alkanes of at least 4 members (excludes halogenated alkanes) is 2. The van der Waals surface area contributed by atoms with Crippen LogP contribution in [0.1, 0.15) is 51.2 Å². The Morgan fingerprint density at radius 1 is 1.15 bits per heavy atom. The van der Waals surface area contributed by atoms with Crippen LogP contribution in [0.4, 0.5) is 0 Å². The van der Waals surface area contributed by atoms with Crippen molar-refractivity contribution in [3.05, 3.63) is 46.9 Å². The smallest absolute Gasteiger partial charge is 0.120 e. The first-order valence-corrected chi connectivity index (χ1v) is 7.19. The lowest BCUT2D eigenvalue weighted by molar-refractivity contribution is 0.0976. The Hall–Kier alpha value is -1.64. The highest BCUT2D eigenvalue weighted by Crippen LogP contribution is 2.21. The maximum absolute atomic E-state index is 9.97. The van der Waals surface area contributed by atoms with Crippen LogP contribution < -0.4 is 0 Å². The average Bonchev–Trinajstić information content (AvgIpc) is 2.37. The highest BCUT2D eigenvalue weighted by molar-refractivity contribution is 5.57. The van der Waals surface area contributed by atoms with Crippen LogP contribution in [0.25, 0.3) is 5.76 Å². The van der Waals surface area contributed by atoms with Crippen molar-refractivity contribution in [2.24, 2.45) is 5.18 Å². The van der Waals surface area contributed by atoms with Gasteiger partial charge in [0, 0.05) is 5.56 Å². The molecule has 0 saturated heterocycles. The van der Waals surface area contributed by atoms with E-state index in [1.165, 1.54) is 5.56 Å².